The summed E-state index contributed by atoms with van der Waals surface area (Å²) in [5.41, 5.74) is 0. The summed E-state index contributed by atoms with van der Waals surface area (Å²) >= 11 is 0. The fraction of sp³-hybridized carbons (Fsp3) is 1.00. The summed E-state index contributed by atoms with van der Waals surface area (Å²) in [6.07, 6.45) is -4.66. The molecule has 0 amide bonds. The maximum Gasteiger partial charge on any atom is 0.559 e. The maximum absolute atomic E-state index is 10.9. The van der Waals surface area contributed by atoms with Crippen LogP contribution in [0.15, 0.2) is 0 Å². The van der Waals surface area contributed by atoms with Crippen LogP contribution < -0.4 is 0 Å². The molecule has 2 nitrogen and oxygen atoms in total. The SMILES string of the molecule is C.C.C.C.CS(=O)(=O)CF.FC(F)(F)F. The molecule has 0 aliphatic heterocycles. The fourth-order valence-corrected chi connectivity index (χ4v) is 0. The molecule has 0 N–H and O–H groups in total. The Bertz CT molecular complexity index is 180. The highest BCUT2D eigenvalue weighted by molar-refractivity contribution is 7.90. The van der Waals surface area contributed by atoms with Gasteiger partial charge in [-0.3, -0.25) is 0 Å². The normalized spacial score (nSPS) is 8.67. The standard InChI is InChI=1S/C2H5FO2S.CF4.4CH4/c1-6(4,5)2-3;2-1(3,4)5;;;;/h2H2,1H3;;4*1H4. The molecule has 0 heterocycles. The summed E-state index contributed by atoms with van der Waals surface area (Å²) in [7, 11) is -3.33. The molecule has 0 aromatic rings. The third kappa shape index (κ3) is 271. The van der Waals surface area contributed by atoms with Gasteiger partial charge < -0.3 is 0 Å². The molecule has 0 saturated heterocycles. The quantitative estimate of drug-likeness (QED) is 0.671. The number of rotatable bonds is 1. The van der Waals surface area contributed by atoms with Gasteiger partial charge in [0.15, 0.2) is 15.8 Å². The van der Waals surface area contributed by atoms with Gasteiger partial charge in [0.2, 0.25) is 0 Å². The minimum Gasteiger partial charge on any atom is -0.234 e. The molecule has 0 rings (SSSR count). The van der Waals surface area contributed by atoms with Crippen LogP contribution in [0.5, 0.6) is 0 Å². The first-order valence-electron chi connectivity index (χ1n) is 2.05. The van der Waals surface area contributed by atoms with E-state index in [1.165, 1.54) is 0 Å². The Kier molecular flexibility index (Phi) is 33.1. The van der Waals surface area contributed by atoms with Crippen molar-refractivity contribution in [3.63, 3.8) is 0 Å². The van der Waals surface area contributed by atoms with Gasteiger partial charge in [0.25, 0.3) is 0 Å². The minimum absolute atomic E-state index is 0. The second-order valence-electron chi connectivity index (χ2n) is 1.46. The monoisotopic (exact) mass is 264 g/mol. The van der Waals surface area contributed by atoms with E-state index in [1.807, 2.05) is 0 Å². The van der Waals surface area contributed by atoms with Crippen molar-refractivity contribution in [1.29, 1.82) is 0 Å². The van der Waals surface area contributed by atoms with Crippen molar-refractivity contribution in [3.05, 3.63) is 0 Å². The molecule has 15 heavy (non-hydrogen) atoms. The summed E-state index contributed by atoms with van der Waals surface area (Å²) in [6.45, 7) is 0. The summed E-state index contributed by atoms with van der Waals surface area (Å²) in [4.78, 5) is 0. The Labute approximate surface area is 89.4 Å². The molecule has 0 unspecified atom stereocenters. The second-order valence-corrected chi connectivity index (χ2v) is 3.53. The molecule has 0 atom stereocenters. The molecule has 0 fully saturated rings. The zero-order chi connectivity index (χ0) is 9.71. The smallest absolute Gasteiger partial charge is 0.234 e. The Hall–Kier alpha value is -0.400. The van der Waals surface area contributed by atoms with Crippen LogP contribution in [0.4, 0.5) is 22.0 Å². The number of hydrogen-bond donors (Lipinski definition) is 0. The van der Waals surface area contributed by atoms with Gasteiger partial charge in [-0.05, 0) is 0 Å². The molecule has 0 saturated carbocycles. The Morgan fingerprint density at radius 1 is 0.933 bits per heavy atom. The van der Waals surface area contributed by atoms with E-state index in [2.05, 4.69) is 0 Å². The van der Waals surface area contributed by atoms with Gasteiger partial charge in [0.05, 0.1) is 0 Å². The average molecular weight is 264 g/mol. The predicted molar refractivity (Wildman–Crippen MR) is 54.9 cm³/mol. The lowest BCUT2D eigenvalue weighted by molar-refractivity contribution is -0.237. The summed E-state index contributed by atoms with van der Waals surface area (Å²) in [5.74, 6) is 0. The average Bonchev–Trinajstić information content (AvgIpc) is 1.59. The van der Waals surface area contributed by atoms with E-state index in [0.29, 0.717) is 0 Å². The Morgan fingerprint density at radius 2 is 1.00 bits per heavy atom. The molecule has 0 bridgehead atoms. The van der Waals surface area contributed by atoms with Crippen molar-refractivity contribution in [1.82, 2.24) is 0 Å². The summed E-state index contributed by atoms with van der Waals surface area (Å²) < 4.78 is 68.9. The van der Waals surface area contributed by atoms with Crippen LogP contribution in [0.2, 0.25) is 0 Å². The van der Waals surface area contributed by atoms with Crippen LogP contribution in [0.3, 0.4) is 0 Å². The van der Waals surface area contributed by atoms with Crippen molar-refractivity contribution in [2.75, 3.05) is 12.3 Å². The first-order valence-corrected chi connectivity index (χ1v) is 4.11. The molecule has 102 valence electrons. The van der Waals surface area contributed by atoms with Gasteiger partial charge in [0.1, 0.15) is 0 Å². The summed E-state index contributed by atoms with van der Waals surface area (Å²) in [6, 6.07) is -1.26. The lowest BCUT2D eigenvalue weighted by Crippen LogP contribution is -1.95. The van der Waals surface area contributed by atoms with Crippen LogP contribution in [-0.4, -0.2) is 27.1 Å². The molecule has 0 aliphatic rings. The van der Waals surface area contributed by atoms with E-state index >= 15 is 0 Å². The van der Waals surface area contributed by atoms with Gasteiger partial charge >= 0.3 is 6.43 Å². The largest absolute Gasteiger partial charge is 0.559 e. The van der Waals surface area contributed by atoms with Gasteiger partial charge in [0, 0.05) is 6.26 Å². The van der Waals surface area contributed by atoms with Crippen molar-refractivity contribution in [2.24, 2.45) is 0 Å². The van der Waals surface area contributed by atoms with E-state index < -0.39 is 22.3 Å². The van der Waals surface area contributed by atoms with Crippen LogP contribution in [-0.2, 0) is 9.84 Å². The fourth-order valence-electron chi connectivity index (χ4n) is 0. The zero-order valence-electron chi connectivity index (χ0n) is 5.32. The van der Waals surface area contributed by atoms with Crippen molar-refractivity contribution >= 4 is 9.84 Å². The second kappa shape index (κ2) is 13.6. The van der Waals surface area contributed by atoms with E-state index in [0.717, 1.165) is 6.26 Å². The van der Waals surface area contributed by atoms with Gasteiger partial charge in [-0.15, -0.1) is 17.6 Å². The van der Waals surface area contributed by atoms with Crippen LogP contribution in [0, 0.1) is 0 Å². The van der Waals surface area contributed by atoms with E-state index in [9.17, 15) is 30.4 Å². The van der Waals surface area contributed by atoms with E-state index in [4.69, 9.17) is 0 Å². The van der Waals surface area contributed by atoms with Gasteiger partial charge in [-0.1, -0.05) is 29.7 Å². The van der Waals surface area contributed by atoms with Crippen molar-refractivity contribution < 1.29 is 30.4 Å². The summed E-state index contributed by atoms with van der Waals surface area (Å²) in [5, 5.41) is 0. The van der Waals surface area contributed by atoms with Crippen molar-refractivity contribution in [3.8, 4) is 0 Å². The lowest BCUT2D eigenvalue weighted by atomic mass is 11.5. The molecular weight excluding hydrogens is 243 g/mol. The van der Waals surface area contributed by atoms with Crippen molar-refractivity contribution in [2.45, 2.75) is 36.1 Å². The van der Waals surface area contributed by atoms with Crippen LogP contribution >= 0.6 is 0 Å². The molecular formula is C7H21F5O2S. The third-order valence-electron chi connectivity index (χ3n) is 0.198. The molecule has 0 spiro atoms. The van der Waals surface area contributed by atoms with Gasteiger partial charge in [-0.2, -0.15) is 0 Å². The van der Waals surface area contributed by atoms with E-state index in [-0.39, 0.29) is 29.7 Å². The minimum atomic E-state index is -5.50. The molecule has 8 heteroatoms. The Balaban J connectivity index is -0.0000000215. The van der Waals surface area contributed by atoms with Gasteiger partial charge in [-0.25, -0.2) is 12.8 Å². The number of alkyl halides is 5. The molecule has 0 aromatic heterocycles. The molecule has 0 aliphatic carbocycles. The highest BCUT2D eigenvalue weighted by Crippen LogP contribution is 2.13. The molecule has 0 aromatic carbocycles. The zero-order valence-corrected chi connectivity index (χ0v) is 6.14. The topological polar surface area (TPSA) is 34.1 Å². The first kappa shape index (κ1) is 36.5. The highest BCUT2D eigenvalue weighted by atomic mass is 32.2. The number of hydrogen-bond acceptors (Lipinski definition) is 2. The number of halogens is 5. The highest BCUT2D eigenvalue weighted by Gasteiger charge is 2.24. The maximum atomic E-state index is 10.9. The Morgan fingerprint density at radius 3 is 1.00 bits per heavy atom. The molecule has 0 radical (unpaired) electrons. The van der Waals surface area contributed by atoms with Crippen LogP contribution in [0.1, 0.15) is 29.7 Å². The predicted octanol–water partition coefficient (Wildman–Crippen LogP) is 3.98. The number of sulfone groups is 1. The van der Waals surface area contributed by atoms with Crippen LogP contribution in [0.25, 0.3) is 0 Å². The first-order chi connectivity index (χ1) is 4.56. The lowest BCUT2D eigenvalue weighted by Gasteiger charge is -1.82. The third-order valence-corrected chi connectivity index (χ3v) is 0.595. The van der Waals surface area contributed by atoms with E-state index in [1.54, 1.807) is 0 Å².